The van der Waals surface area contributed by atoms with Gasteiger partial charge in [-0.2, -0.15) is 0 Å². The molecule has 0 radical (unpaired) electrons. The Labute approximate surface area is 202 Å². The summed E-state index contributed by atoms with van der Waals surface area (Å²) < 4.78 is 33.9. The molecule has 2 aliphatic rings. The van der Waals surface area contributed by atoms with Crippen molar-refractivity contribution in [3.05, 3.63) is 65.2 Å². The lowest BCUT2D eigenvalue weighted by Gasteiger charge is -2.34. The normalized spacial score (nSPS) is 18.6. The summed E-state index contributed by atoms with van der Waals surface area (Å²) in [6.45, 7) is 1.10. The molecule has 2 heterocycles. The van der Waals surface area contributed by atoms with Crippen LogP contribution in [0.2, 0.25) is 0 Å². The van der Waals surface area contributed by atoms with E-state index in [9.17, 15) is 23.2 Å². The topological polar surface area (TPSA) is 99.8 Å². The number of nitrogens with zero attached hydrogens (tertiary/aromatic N) is 1. The number of carbonyl (C=O) groups is 3. The number of benzene rings is 2. The van der Waals surface area contributed by atoms with E-state index < -0.39 is 41.2 Å². The summed E-state index contributed by atoms with van der Waals surface area (Å²) in [4.78, 5) is 41.0. The number of rotatable bonds is 7. The minimum absolute atomic E-state index is 0.0314. The van der Waals surface area contributed by atoms with Crippen molar-refractivity contribution in [1.29, 1.82) is 0 Å². The van der Waals surface area contributed by atoms with Crippen LogP contribution in [-0.2, 0) is 25.7 Å². The molecule has 186 valence electrons. The molecule has 0 spiro atoms. The van der Waals surface area contributed by atoms with Crippen LogP contribution >= 0.6 is 0 Å². The fourth-order valence-electron chi connectivity index (χ4n) is 4.68. The van der Waals surface area contributed by atoms with Gasteiger partial charge in [-0.05, 0) is 49.1 Å². The molecule has 1 fully saturated rings. The Bertz CT molecular complexity index is 1090. The Morgan fingerprint density at radius 3 is 2.43 bits per heavy atom. The maximum absolute atomic E-state index is 14.2. The molecule has 0 aliphatic carbocycles. The lowest BCUT2D eigenvalue weighted by molar-refractivity contribution is -0.144. The fourth-order valence-corrected chi connectivity index (χ4v) is 4.68. The van der Waals surface area contributed by atoms with Crippen LogP contribution in [0.15, 0.2) is 42.5 Å². The van der Waals surface area contributed by atoms with Crippen molar-refractivity contribution in [2.75, 3.05) is 32.1 Å². The molecular weight excluding hydrogens is 458 g/mol. The molecule has 3 N–H and O–H groups in total. The molecule has 0 aromatic heterocycles. The molecular formula is C25H28F2N4O4. The van der Waals surface area contributed by atoms with Crippen LogP contribution < -0.4 is 16.0 Å². The van der Waals surface area contributed by atoms with Gasteiger partial charge in [-0.15, -0.1) is 0 Å². The highest BCUT2D eigenvalue weighted by molar-refractivity contribution is 6.00. The highest BCUT2D eigenvalue weighted by Crippen LogP contribution is 2.36. The van der Waals surface area contributed by atoms with E-state index in [4.69, 9.17) is 4.74 Å². The molecule has 2 aliphatic heterocycles. The molecule has 2 atom stereocenters. The Hall–Kier alpha value is -3.37. The second kappa shape index (κ2) is 10.9. The minimum atomic E-state index is -1.11. The lowest BCUT2D eigenvalue weighted by atomic mass is 9.90. The summed E-state index contributed by atoms with van der Waals surface area (Å²) in [5.41, 5.74) is 0.752. The molecule has 0 saturated carbocycles. The maximum atomic E-state index is 14.2. The third-order valence-electron chi connectivity index (χ3n) is 6.40. The summed E-state index contributed by atoms with van der Waals surface area (Å²) in [7, 11) is 1.63. The predicted octanol–water partition coefficient (Wildman–Crippen LogP) is 2.12. The second-order valence-electron chi connectivity index (χ2n) is 8.68. The van der Waals surface area contributed by atoms with E-state index in [0.29, 0.717) is 31.6 Å². The van der Waals surface area contributed by atoms with Crippen LogP contribution in [0.1, 0.15) is 30.0 Å². The zero-order chi connectivity index (χ0) is 24.9. The van der Waals surface area contributed by atoms with Gasteiger partial charge in [-0.3, -0.25) is 14.4 Å². The van der Waals surface area contributed by atoms with Crippen molar-refractivity contribution in [2.45, 2.75) is 31.5 Å². The van der Waals surface area contributed by atoms with Crippen molar-refractivity contribution in [2.24, 2.45) is 5.92 Å². The van der Waals surface area contributed by atoms with Gasteiger partial charge >= 0.3 is 0 Å². The minimum Gasteiger partial charge on any atom is -0.381 e. The van der Waals surface area contributed by atoms with Crippen LogP contribution in [0, 0.1) is 17.6 Å². The number of hydrogen-bond acceptors (Lipinski definition) is 5. The smallest absolute Gasteiger partial charge is 0.252 e. The Morgan fingerprint density at radius 2 is 1.74 bits per heavy atom. The average molecular weight is 487 g/mol. The highest BCUT2D eigenvalue weighted by Gasteiger charge is 2.43. The number of carbonyl (C=O) groups excluding carboxylic acids is 3. The van der Waals surface area contributed by atoms with E-state index in [1.54, 1.807) is 31.3 Å². The number of nitrogens with one attached hydrogen (secondary N) is 3. The van der Waals surface area contributed by atoms with E-state index in [1.807, 2.05) is 0 Å². The summed E-state index contributed by atoms with van der Waals surface area (Å²) in [5.74, 6) is -3.51. The van der Waals surface area contributed by atoms with Gasteiger partial charge in [0.05, 0.1) is 6.54 Å². The summed E-state index contributed by atoms with van der Waals surface area (Å²) >= 11 is 0. The quantitative estimate of drug-likeness (QED) is 0.557. The van der Waals surface area contributed by atoms with E-state index in [2.05, 4.69) is 16.0 Å². The van der Waals surface area contributed by atoms with E-state index in [1.165, 1.54) is 11.0 Å². The number of halogens is 2. The van der Waals surface area contributed by atoms with Gasteiger partial charge in [0.1, 0.15) is 29.4 Å². The molecule has 2 unspecified atom stereocenters. The molecule has 35 heavy (non-hydrogen) atoms. The van der Waals surface area contributed by atoms with Crippen molar-refractivity contribution < 1.29 is 27.9 Å². The van der Waals surface area contributed by atoms with E-state index in [-0.39, 0.29) is 24.9 Å². The van der Waals surface area contributed by atoms with Crippen LogP contribution in [0.5, 0.6) is 0 Å². The van der Waals surface area contributed by atoms with Gasteiger partial charge < -0.3 is 25.6 Å². The SMILES string of the molecule is CNCC(=O)NC(C(=O)N1Cc2ccccc2C1C(=O)Nc1c(F)cccc1F)C1CCOCC1. The van der Waals surface area contributed by atoms with Gasteiger partial charge in [0.25, 0.3) is 5.91 Å². The first-order valence-electron chi connectivity index (χ1n) is 11.6. The van der Waals surface area contributed by atoms with Crippen molar-refractivity contribution in [3.63, 3.8) is 0 Å². The van der Waals surface area contributed by atoms with E-state index in [0.717, 1.165) is 17.7 Å². The average Bonchev–Trinajstić information content (AvgIpc) is 3.25. The molecule has 8 nitrogen and oxygen atoms in total. The Kier molecular flexibility index (Phi) is 7.72. The molecule has 3 amide bonds. The van der Waals surface area contributed by atoms with Crippen LogP contribution in [0.4, 0.5) is 14.5 Å². The van der Waals surface area contributed by atoms with Crippen LogP contribution in [-0.4, -0.2) is 55.5 Å². The van der Waals surface area contributed by atoms with Crippen molar-refractivity contribution in [1.82, 2.24) is 15.5 Å². The summed E-state index contributed by atoms with van der Waals surface area (Å²) in [6.07, 6.45) is 1.16. The van der Waals surface area contributed by atoms with Gasteiger partial charge in [0, 0.05) is 19.8 Å². The number of fused-ring (bicyclic) bond motifs is 1. The maximum Gasteiger partial charge on any atom is 0.252 e. The monoisotopic (exact) mass is 486 g/mol. The standard InChI is InChI=1S/C25H28F2N4O4/c1-28-13-20(32)29-21(15-9-11-35-12-10-15)25(34)31-14-16-5-2-3-6-17(16)23(31)24(33)30-22-18(26)7-4-8-19(22)27/h2-8,15,21,23,28H,9-14H2,1H3,(H,29,32)(H,30,33). The molecule has 0 bridgehead atoms. The number of hydrogen-bond donors (Lipinski definition) is 3. The van der Waals surface area contributed by atoms with Crippen LogP contribution in [0.3, 0.4) is 0 Å². The Morgan fingerprint density at radius 1 is 1.06 bits per heavy atom. The molecule has 4 rings (SSSR count). The van der Waals surface area contributed by atoms with Gasteiger partial charge in [0.15, 0.2) is 0 Å². The number of anilines is 1. The lowest BCUT2D eigenvalue weighted by Crippen LogP contribution is -2.55. The first-order chi connectivity index (χ1) is 16.9. The van der Waals surface area contributed by atoms with Gasteiger partial charge in [-0.25, -0.2) is 8.78 Å². The molecule has 2 aromatic carbocycles. The first-order valence-corrected chi connectivity index (χ1v) is 11.6. The molecule has 10 heteroatoms. The van der Waals surface area contributed by atoms with Crippen molar-refractivity contribution in [3.8, 4) is 0 Å². The van der Waals surface area contributed by atoms with Crippen molar-refractivity contribution >= 4 is 23.4 Å². The number of para-hydroxylation sites is 1. The summed E-state index contributed by atoms with van der Waals surface area (Å²) in [6, 6.07) is 8.36. The number of ether oxygens (including phenoxy) is 1. The Balaban J connectivity index is 1.65. The zero-order valence-corrected chi connectivity index (χ0v) is 19.4. The third kappa shape index (κ3) is 5.33. The van der Waals surface area contributed by atoms with Gasteiger partial charge in [-0.1, -0.05) is 30.3 Å². The predicted molar refractivity (Wildman–Crippen MR) is 124 cm³/mol. The molecule has 2 aromatic rings. The number of amides is 3. The third-order valence-corrected chi connectivity index (χ3v) is 6.40. The fraction of sp³-hybridized carbons (Fsp3) is 0.400. The van der Waals surface area contributed by atoms with E-state index >= 15 is 0 Å². The number of likely N-dealkylation sites (N-methyl/N-ethyl adjacent to an activating group) is 1. The van der Waals surface area contributed by atoms with Gasteiger partial charge in [0.2, 0.25) is 11.8 Å². The highest BCUT2D eigenvalue weighted by atomic mass is 19.1. The second-order valence-corrected chi connectivity index (χ2v) is 8.68. The molecule has 1 saturated heterocycles. The largest absolute Gasteiger partial charge is 0.381 e. The van der Waals surface area contributed by atoms with Crippen LogP contribution in [0.25, 0.3) is 0 Å². The summed E-state index contributed by atoms with van der Waals surface area (Å²) in [5, 5.41) is 7.91. The zero-order valence-electron chi connectivity index (χ0n) is 19.4. The first kappa shape index (κ1) is 24.7.